The Morgan fingerprint density at radius 3 is 2.31 bits per heavy atom. The molecule has 3 rings (SSSR count). The van der Waals surface area contributed by atoms with Crippen LogP contribution in [0.2, 0.25) is 0 Å². The van der Waals surface area contributed by atoms with E-state index in [0.29, 0.717) is 24.3 Å². The molecule has 3 aromatic carbocycles. The Labute approximate surface area is 152 Å². The highest BCUT2D eigenvalue weighted by molar-refractivity contribution is 5.95. The summed E-state index contributed by atoms with van der Waals surface area (Å²) in [5.74, 6) is 0.622. The van der Waals surface area contributed by atoms with Crippen molar-refractivity contribution in [3.8, 4) is 16.9 Å². The van der Waals surface area contributed by atoms with Crippen LogP contribution in [0, 0.1) is 0 Å². The number of hydrogen-bond acceptors (Lipinski definition) is 3. The molecule has 0 aliphatic rings. The second-order valence-electron chi connectivity index (χ2n) is 5.70. The third kappa shape index (κ3) is 4.36. The van der Waals surface area contributed by atoms with E-state index in [0.717, 1.165) is 23.2 Å². The van der Waals surface area contributed by atoms with Gasteiger partial charge < -0.3 is 10.1 Å². The summed E-state index contributed by atoms with van der Waals surface area (Å²) >= 11 is 0. The number of aldehydes is 1. The van der Waals surface area contributed by atoms with Crippen LogP contribution >= 0.6 is 0 Å². The minimum atomic E-state index is -0.156. The van der Waals surface area contributed by atoms with Crippen molar-refractivity contribution < 1.29 is 14.3 Å². The molecule has 0 fully saturated rings. The van der Waals surface area contributed by atoms with Gasteiger partial charge in [-0.25, -0.2) is 0 Å². The zero-order valence-electron chi connectivity index (χ0n) is 14.2. The minimum absolute atomic E-state index is 0.156. The maximum absolute atomic E-state index is 12.2. The molecule has 0 aromatic heterocycles. The molecule has 0 unspecified atom stereocenters. The van der Waals surface area contributed by atoms with Crippen molar-refractivity contribution in [2.75, 3.05) is 13.2 Å². The first-order valence-corrected chi connectivity index (χ1v) is 8.38. The van der Waals surface area contributed by atoms with E-state index in [9.17, 15) is 9.59 Å². The molecule has 1 N–H and O–H groups in total. The average Bonchev–Trinajstić information content (AvgIpc) is 2.72. The summed E-state index contributed by atoms with van der Waals surface area (Å²) in [7, 11) is 0. The zero-order valence-corrected chi connectivity index (χ0v) is 14.2. The van der Waals surface area contributed by atoms with Crippen LogP contribution in [0.5, 0.6) is 5.75 Å². The van der Waals surface area contributed by atoms with Gasteiger partial charge in [-0.2, -0.15) is 0 Å². The molecule has 130 valence electrons. The Hall–Kier alpha value is -3.40. The van der Waals surface area contributed by atoms with Crippen molar-refractivity contribution in [1.82, 2.24) is 5.32 Å². The van der Waals surface area contributed by atoms with Gasteiger partial charge in [-0.15, -0.1) is 0 Å². The number of hydrogen-bond donors (Lipinski definition) is 1. The molecule has 1 amide bonds. The van der Waals surface area contributed by atoms with Crippen LogP contribution in [0.25, 0.3) is 11.1 Å². The van der Waals surface area contributed by atoms with Crippen LogP contribution in [-0.4, -0.2) is 25.3 Å². The molecule has 0 atom stereocenters. The number of para-hydroxylation sites is 1. The van der Waals surface area contributed by atoms with E-state index in [-0.39, 0.29) is 5.91 Å². The molecule has 3 aromatic rings. The fourth-order valence-corrected chi connectivity index (χ4v) is 2.62. The van der Waals surface area contributed by atoms with Crippen molar-refractivity contribution in [3.05, 3.63) is 90.0 Å². The lowest BCUT2D eigenvalue weighted by Crippen LogP contribution is -2.28. The van der Waals surface area contributed by atoms with Crippen molar-refractivity contribution in [1.29, 1.82) is 0 Å². The number of rotatable bonds is 7. The fraction of sp³-hybridized carbons (Fsp3) is 0.0909. The average molecular weight is 345 g/mol. The standard InChI is InChI=1S/C22H19NO3/c24-16-19-6-4-5-9-21(19)17-10-12-18(13-11-17)22(25)23-14-15-26-20-7-2-1-3-8-20/h1-13,16H,14-15H2,(H,23,25). The van der Waals surface area contributed by atoms with Crippen LogP contribution in [-0.2, 0) is 0 Å². The van der Waals surface area contributed by atoms with Gasteiger partial charge in [0.25, 0.3) is 5.91 Å². The first-order valence-electron chi connectivity index (χ1n) is 8.38. The Morgan fingerprint density at radius 1 is 0.885 bits per heavy atom. The Kier molecular flexibility index (Phi) is 5.78. The number of ether oxygens (including phenoxy) is 1. The van der Waals surface area contributed by atoms with Gasteiger partial charge in [0.2, 0.25) is 0 Å². The SMILES string of the molecule is O=Cc1ccccc1-c1ccc(C(=O)NCCOc2ccccc2)cc1. The topological polar surface area (TPSA) is 55.4 Å². The molecule has 0 saturated carbocycles. The maximum Gasteiger partial charge on any atom is 0.251 e. The fourth-order valence-electron chi connectivity index (χ4n) is 2.62. The second-order valence-corrected chi connectivity index (χ2v) is 5.70. The molecule has 0 aliphatic carbocycles. The molecular weight excluding hydrogens is 326 g/mol. The lowest BCUT2D eigenvalue weighted by molar-refractivity contribution is 0.0946. The molecule has 0 aliphatic heterocycles. The van der Waals surface area contributed by atoms with E-state index in [2.05, 4.69) is 5.32 Å². The zero-order chi connectivity index (χ0) is 18.2. The molecule has 4 nitrogen and oxygen atoms in total. The largest absolute Gasteiger partial charge is 0.492 e. The lowest BCUT2D eigenvalue weighted by Gasteiger charge is -2.09. The minimum Gasteiger partial charge on any atom is -0.492 e. The van der Waals surface area contributed by atoms with Crippen molar-refractivity contribution in [3.63, 3.8) is 0 Å². The van der Waals surface area contributed by atoms with Gasteiger partial charge in [0.05, 0.1) is 6.54 Å². The highest BCUT2D eigenvalue weighted by Gasteiger charge is 2.07. The van der Waals surface area contributed by atoms with Gasteiger partial charge >= 0.3 is 0 Å². The Balaban J connectivity index is 1.56. The van der Waals surface area contributed by atoms with Gasteiger partial charge in [-0.3, -0.25) is 9.59 Å². The summed E-state index contributed by atoms with van der Waals surface area (Å²) in [6.07, 6.45) is 0.836. The highest BCUT2D eigenvalue weighted by Crippen LogP contribution is 2.22. The molecular formula is C22H19NO3. The summed E-state index contributed by atoms with van der Waals surface area (Å²) in [6, 6.07) is 24.0. The third-order valence-corrected chi connectivity index (χ3v) is 3.95. The van der Waals surface area contributed by atoms with Crippen LogP contribution < -0.4 is 10.1 Å². The van der Waals surface area contributed by atoms with Gasteiger partial charge in [0, 0.05) is 11.1 Å². The normalized spacial score (nSPS) is 10.2. The second kappa shape index (κ2) is 8.62. The van der Waals surface area contributed by atoms with Crippen LogP contribution in [0.15, 0.2) is 78.9 Å². The third-order valence-electron chi connectivity index (χ3n) is 3.95. The van der Waals surface area contributed by atoms with Crippen molar-refractivity contribution in [2.24, 2.45) is 0 Å². The first kappa shape index (κ1) is 17.4. The van der Waals surface area contributed by atoms with E-state index in [4.69, 9.17) is 4.74 Å². The number of amides is 1. The molecule has 26 heavy (non-hydrogen) atoms. The van der Waals surface area contributed by atoms with Gasteiger partial charge in [-0.1, -0.05) is 54.6 Å². The summed E-state index contributed by atoms with van der Waals surface area (Å²) in [5, 5.41) is 2.83. The molecule has 0 heterocycles. The quantitative estimate of drug-likeness (QED) is 0.521. The molecule has 0 spiro atoms. The van der Waals surface area contributed by atoms with E-state index < -0.39 is 0 Å². The summed E-state index contributed by atoms with van der Waals surface area (Å²) < 4.78 is 5.55. The van der Waals surface area contributed by atoms with Crippen LogP contribution in [0.4, 0.5) is 0 Å². The maximum atomic E-state index is 12.2. The van der Waals surface area contributed by atoms with E-state index >= 15 is 0 Å². The summed E-state index contributed by atoms with van der Waals surface area (Å²) in [5.41, 5.74) is 2.95. The molecule has 0 bridgehead atoms. The number of benzene rings is 3. The summed E-state index contributed by atoms with van der Waals surface area (Å²) in [4.78, 5) is 23.4. The first-order chi connectivity index (χ1) is 12.8. The van der Waals surface area contributed by atoms with Gasteiger partial charge in [0.15, 0.2) is 6.29 Å². The number of carbonyl (C=O) groups is 2. The smallest absolute Gasteiger partial charge is 0.251 e. The molecule has 0 saturated heterocycles. The predicted octanol–water partition coefficient (Wildman–Crippen LogP) is 3.97. The van der Waals surface area contributed by atoms with Crippen molar-refractivity contribution in [2.45, 2.75) is 0 Å². The van der Waals surface area contributed by atoms with E-state index in [1.165, 1.54) is 0 Å². The number of nitrogens with one attached hydrogen (secondary N) is 1. The molecule has 0 radical (unpaired) electrons. The molecule has 4 heteroatoms. The Morgan fingerprint density at radius 2 is 1.58 bits per heavy atom. The van der Waals surface area contributed by atoms with Gasteiger partial charge in [0.1, 0.15) is 12.4 Å². The number of carbonyl (C=O) groups excluding carboxylic acids is 2. The van der Waals surface area contributed by atoms with Crippen LogP contribution in [0.1, 0.15) is 20.7 Å². The van der Waals surface area contributed by atoms with E-state index in [1.54, 1.807) is 18.2 Å². The van der Waals surface area contributed by atoms with Gasteiger partial charge in [-0.05, 0) is 35.4 Å². The van der Waals surface area contributed by atoms with Crippen LogP contribution in [0.3, 0.4) is 0 Å². The predicted molar refractivity (Wildman–Crippen MR) is 102 cm³/mol. The van der Waals surface area contributed by atoms with E-state index in [1.807, 2.05) is 60.7 Å². The lowest BCUT2D eigenvalue weighted by atomic mass is 9.99. The Bertz CT molecular complexity index is 873. The van der Waals surface area contributed by atoms with Crippen molar-refractivity contribution >= 4 is 12.2 Å². The monoisotopic (exact) mass is 345 g/mol. The summed E-state index contributed by atoms with van der Waals surface area (Å²) in [6.45, 7) is 0.823. The highest BCUT2D eigenvalue weighted by atomic mass is 16.5.